The topological polar surface area (TPSA) is 67.8 Å². The molecule has 0 aliphatic heterocycles. The van der Waals surface area contributed by atoms with Gasteiger partial charge in [0.1, 0.15) is 12.4 Å². The fraction of sp³-hybridized carbons (Fsp3) is 0.0714. The first kappa shape index (κ1) is 14.9. The third-order valence-corrected chi connectivity index (χ3v) is 3.60. The zero-order chi connectivity index (χ0) is 14.5. The van der Waals surface area contributed by atoms with Crippen LogP contribution >= 0.6 is 31.9 Å². The molecule has 20 heavy (non-hydrogen) atoms. The Morgan fingerprint density at radius 1 is 1.15 bits per heavy atom. The highest BCUT2D eigenvalue weighted by Crippen LogP contribution is 2.25. The Hall–Kier alpha value is -1.53. The number of rotatable bonds is 4. The number of benzene rings is 2. The van der Waals surface area contributed by atoms with Gasteiger partial charge in [-0.05, 0) is 35.9 Å². The number of amidine groups is 1. The van der Waals surface area contributed by atoms with E-state index in [2.05, 4.69) is 37.0 Å². The minimum Gasteiger partial charge on any atom is -0.488 e. The van der Waals surface area contributed by atoms with Crippen LogP contribution in [0.1, 0.15) is 11.1 Å². The number of hydrogen-bond donors (Lipinski definition) is 2. The molecule has 104 valence electrons. The van der Waals surface area contributed by atoms with Crippen molar-refractivity contribution in [1.29, 1.82) is 0 Å². The van der Waals surface area contributed by atoms with Gasteiger partial charge in [-0.1, -0.05) is 49.1 Å². The Balaban J connectivity index is 2.22. The molecule has 0 saturated heterocycles. The van der Waals surface area contributed by atoms with E-state index >= 15 is 0 Å². The van der Waals surface area contributed by atoms with Crippen LogP contribution in [0.25, 0.3) is 0 Å². The molecule has 0 aliphatic carbocycles. The van der Waals surface area contributed by atoms with Crippen molar-refractivity contribution in [3.8, 4) is 5.75 Å². The maximum Gasteiger partial charge on any atom is 0.173 e. The van der Waals surface area contributed by atoms with Gasteiger partial charge in [-0.2, -0.15) is 0 Å². The van der Waals surface area contributed by atoms with Crippen LogP contribution in [0.5, 0.6) is 5.75 Å². The minimum atomic E-state index is 0.0155. The van der Waals surface area contributed by atoms with Crippen LogP contribution in [-0.2, 0) is 6.61 Å². The summed E-state index contributed by atoms with van der Waals surface area (Å²) < 4.78 is 7.61. The molecule has 2 aromatic carbocycles. The molecule has 2 rings (SSSR count). The Morgan fingerprint density at radius 3 is 2.60 bits per heavy atom. The summed E-state index contributed by atoms with van der Waals surface area (Å²) in [5, 5.41) is 11.8. The van der Waals surface area contributed by atoms with E-state index in [-0.39, 0.29) is 5.84 Å². The Bertz CT molecular complexity index is 645. The molecular formula is C14H12Br2N2O2. The summed E-state index contributed by atoms with van der Waals surface area (Å²) in [6.07, 6.45) is 0. The third kappa shape index (κ3) is 3.74. The maximum absolute atomic E-state index is 8.79. The highest BCUT2D eigenvalue weighted by molar-refractivity contribution is 9.10. The summed E-state index contributed by atoms with van der Waals surface area (Å²) in [6, 6.07) is 13.1. The van der Waals surface area contributed by atoms with Gasteiger partial charge in [0.05, 0.1) is 5.56 Å². The van der Waals surface area contributed by atoms with E-state index in [1.54, 1.807) is 18.2 Å². The van der Waals surface area contributed by atoms with Gasteiger partial charge in [-0.15, -0.1) is 0 Å². The second-order valence-corrected chi connectivity index (χ2v) is 5.88. The zero-order valence-corrected chi connectivity index (χ0v) is 13.6. The standard InChI is InChI=1S/C14H12Br2N2O2/c15-10-3-1-2-9(6-10)8-20-13-7-11(16)4-5-12(13)14(17)18-19/h1-7,19H,8H2,(H2,17,18). The SMILES string of the molecule is N/C(=N/O)c1ccc(Br)cc1OCc1cccc(Br)c1. The van der Waals surface area contributed by atoms with Crippen molar-refractivity contribution in [2.45, 2.75) is 6.61 Å². The Kier molecular flexibility index (Phi) is 5.03. The molecule has 2 aromatic rings. The molecule has 0 fully saturated rings. The lowest BCUT2D eigenvalue weighted by molar-refractivity contribution is 0.303. The van der Waals surface area contributed by atoms with Crippen LogP contribution in [0, 0.1) is 0 Å². The largest absolute Gasteiger partial charge is 0.488 e. The molecule has 0 unspecified atom stereocenters. The molecule has 0 bridgehead atoms. The lowest BCUT2D eigenvalue weighted by Crippen LogP contribution is -2.14. The second kappa shape index (κ2) is 6.76. The zero-order valence-electron chi connectivity index (χ0n) is 10.4. The summed E-state index contributed by atoms with van der Waals surface area (Å²) in [6.45, 7) is 0.390. The first-order chi connectivity index (χ1) is 9.60. The van der Waals surface area contributed by atoms with Crippen LogP contribution in [0.15, 0.2) is 56.6 Å². The Morgan fingerprint density at radius 2 is 1.90 bits per heavy atom. The highest BCUT2D eigenvalue weighted by atomic mass is 79.9. The van der Waals surface area contributed by atoms with Gasteiger partial charge in [0.2, 0.25) is 0 Å². The highest BCUT2D eigenvalue weighted by Gasteiger charge is 2.09. The lowest BCUT2D eigenvalue weighted by Gasteiger charge is -2.11. The lowest BCUT2D eigenvalue weighted by atomic mass is 10.2. The molecule has 0 saturated carbocycles. The van der Waals surface area contributed by atoms with Gasteiger partial charge >= 0.3 is 0 Å². The van der Waals surface area contributed by atoms with Crippen molar-refractivity contribution >= 4 is 37.7 Å². The average molecular weight is 400 g/mol. The number of halogens is 2. The van der Waals surface area contributed by atoms with E-state index in [0.717, 1.165) is 14.5 Å². The van der Waals surface area contributed by atoms with Gasteiger partial charge in [0, 0.05) is 8.95 Å². The molecule has 4 nitrogen and oxygen atoms in total. The molecule has 0 aliphatic rings. The number of nitrogens with two attached hydrogens (primary N) is 1. The van der Waals surface area contributed by atoms with Crippen LogP contribution in [-0.4, -0.2) is 11.0 Å². The quantitative estimate of drug-likeness (QED) is 0.354. The molecule has 0 amide bonds. The van der Waals surface area contributed by atoms with Crippen molar-refractivity contribution in [2.24, 2.45) is 10.9 Å². The average Bonchev–Trinajstić information content (AvgIpc) is 2.44. The predicted molar refractivity (Wildman–Crippen MR) is 85.1 cm³/mol. The van der Waals surface area contributed by atoms with E-state index in [0.29, 0.717) is 17.9 Å². The number of ether oxygens (including phenoxy) is 1. The van der Waals surface area contributed by atoms with E-state index < -0.39 is 0 Å². The van der Waals surface area contributed by atoms with Crippen molar-refractivity contribution in [1.82, 2.24) is 0 Å². The van der Waals surface area contributed by atoms with Crippen LogP contribution in [0.2, 0.25) is 0 Å². The maximum atomic E-state index is 8.79. The van der Waals surface area contributed by atoms with Gasteiger partial charge in [-0.25, -0.2) is 0 Å². The first-order valence-electron chi connectivity index (χ1n) is 5.75. The smallest absolute Gasteiger partial charge is 0.173 e. The summed E-state index contributed by atoms with van der Waals surface area (Å²) >= 11 is 6.79. The molecule has 0 spiro atoms. The molecule has 0 heterocycles. The first-order valence-corrected chi connectivity index (χ1v) is 7.33. The fourth-order valence-electron chi connectivity index (χ4n) is 1.67. The monoisotopic (exact) mass is 398 g/mol. The van der Waals surface area contributed by atoms with Crippen molar-refractivity contribution in [3.05, 3.63) is 62.5 Å². The van der Waals surface area contributed by atoms with E-state index in [1.165, 1.54) is 0 Å². The molecule has 0 radical (unpaired) electrons. The fourth-order valence-corrected chi connectivity index (χ4v) is 2.46. The minimum absolute atomic E-state index is 0.0155. The molecule has 3 N–H and O–H groups in total. The van der Waals surface area contributed by atoms with Crippen molar-refractivity contribution in [2.75, 3.05) is 0 Å². The second-order valence-electron chi connectivity index (χ2n) is 4.04. The van der Waals surface area contributed by atoms with Gasteiger partial charge in [0.15, 0.2) is 5.84 Å². The van der Waals surface area contributed by atoms with Crippen LogP contribution in [0.4, 0.5) is 0 Å². The van der Waals surface area contributed by atoms with Gasteiger partial charge in [0.25, 0.3) is 0 Å². The third-order valence-electron chi connectivity index (χ3n) is 2.61. The number of hydrogen-bond acceptors (Lipinski definition) is 3. The number of nitrogens with zero attached hydrogens (tertiary/aromatic N) is 1. The Labute approximate surface area is 133 Å². The summed E-state index contributed by atoms with van der Waals surface area (Å²) in [7, 11) is 0. The van der Waals surface area contributed by atoms with Crippen LogP contribution < -0.4 is 10.5 Å². The predicted octanol–water partition coefficient (Wildman–Crippen LogP) is 3.89. The van der Waals surface area contributed by atoms with Crippen molar-refractivity contribution < 1.29 is 9.94 Å². The van der Waals surface area contributed by atoms with E-state index in [1.807, 2.05) is 24.3 Å². The van der Waals surface area contributed by atoms with Crippen molar-refractivity contribution in [3.63, 3.8) is 0 Å². The molecule has 6 heteroatoms. The van der Waals surface area contributed by atoms with Crippen LogP contribution in [0.3, 0.4) is 0 Å². The summed E-state index contributed by atoms with van der Waals surface area (Å²) in [4.78, 5) is 0. The van der Waals surface area contributed by atoms with E-state index in [4.69, 9.17) is 15.7 Å². The normalized spacial score (nSPS) is 11.4. The molecular weight excluding hydrogens is 388 g/mol. The summed E-state index contributed by atoms with van der Waals surface area (Å²) in [5.74, 6) is 0.566. The van der Waals surface area contributed by atoms with E-state index in [9.17, 15) is 0 Å². The summed E-state index contributed by atoms with van der Waals surface area (Å²) in [5.41, 5.74) is 7.20. The molecule has 0 atom stereocenters. The van der Waals surface area contributed by atoms with Gasteiger partial charge in [-0.3, -0.25) is 0 Å². The van der Waals surface area contributed by atoms with Gasteiger partial charge < -0.3 is 15.7 Å². The number of oxime groups is 1. The molecule has 0 aromatic heterocycles.